The predicted octanol–water partition coefficient (Wildman–Crippen LogP) is 1.13. The van der Waals surface area contributed by atoms with Crippen LogP contribution in [0.3, 0.4) is 0 Å². The molecule has 2 N–H and O–H groups in total. The van der Waals surface area contributed by atoms with E-state index in [0.29, 0.717) is 12.3 Å². The van der Waals surface area contributed by atoms with Gasteiger partial charge in [0, 0.05) is 25.3 Å². The number of piperidine rings is 1. The number of pyridine rings is 1. The number of carbonyl (C=O) groups is 1. The molecule has 2 unspecified atom stereocenters. The van der Waals surface area contributed by atoms with Gasteiger partial charge in [-0.3, -0.25) is 9.78 Å². The third kappa shape index (κ3) is 2.88. The van der Waals surface area contributed by atoms with Crippen LogP contribution in [0.15, 0.2) is 18.3 Å². The average molecular weight is 247 g/mol. The Morgan fingerprint density at radius 2 is 2.39 bits per heavy atom. The van der Waals surface area contributed by atoms with Crippen molar-refractivity contribution in [2.75, 3.05) is 13.1 Å². The van der Waals surface area contributed by atoms with Crippen molar-refractivity contribution in [1.82, 2.24) is 9.88 Å². The van der Waals surface area contributed by atoms with Crippen LogP contribution in [0.4, 0.5) is 0 Å². The van der Waals surface area contributed by atoms with Gasteiger partial charge in [-0.15, -0.1) is 0 Å². The molecule has 1 fully saturated rings. The molecule has 1 aliphatic heterocycles. The number of rotatable bonds is 2. The van der Waals surface area contributed by atoms with Crippen molar-refractivity contribution in [2.45, 2.75) is 32.7 Å². The first-order valence-electron chi connectivity index (χ1n) is 6.51. The van der Waals surface area contributed by atoms with Crippen molar-refractivity contribution in [1.29, 1.82) is 0 Å². The summed E-state index contributed by atoms with van der Waals surface area (Å²) in [6.45, 7) is 5.64. The molecule has 0 saturated carbocycles. The first kappa shape index (κ1) is 13.0. The molecular weight excluding hydrogens is 226 g/mol. The zero-order valence-corrected chi connectivity index (χ0v) is 11.1. The molecule has 2 atom stereocenters. The topological polar surface area (TPSA) is 59.2 Å². The van der Waals surface area contributed by atoms with Gasteiger partial charge in [0.2, 0.25) is 5.91 Å². The zero-order valence-electron chi connectivity index (χ0n) is 11.1. The molecule has 0 spiro atoms. The largest absolute Gasteiger partial charge is 0.342 e. The van der Waals surface area contributed by atoms with Crippen LogP contribution in [0.5, 0.6) is 0 Å². The van der Waals surface area contributed by atoms with Crippen molar-refractivity contribution in [3.8, 4) is 0 Å². The minimum absolute atomic E-state index is 0.163. The van der Waals surface area contributed by atoms with Gasteiger partial charge in [0.1, 0.15) is 0 Å². The second kappa shape index (κ2) is 5.48. The van der Waals surface area contributed by atoms with Crippen molar-refractivity contribution < 1.29 is 4.79 Å². The molecule has 1 aromatic heterocycles. The Morgan fingerprint density at radius 1 is 1.61 bits per heavy atom. The summed E-state index contributed by atoms with van der Waals surface area (Å²) < 4.78 is 0. The Hall–Kier alpha value is -1.42. The molecule has 98 valence electrons. The average Bonchev–Trinajstić information content (AvgIpc) is 2.35. The van der Waals surface area contributed by atoms with Crippen LogP contribution in [0, 0.1) is 12.8 Å². The number of aryl methyl sites for hydroxylation is 1. The van der Waals surface area contributed by atoms with E-state index < -0.39 is 0 Å². The van der Waals surface area contributed by atoms with Gasteiger partial charge in [-0.1, -0.05) is 13.0 Å². The zero-order chi connectivity index (χ0) is 13.1. The van der Waals surface area contributed by atoms with E-state index in [0.717, 1.165) is 30.8 Å². The van der Waals surface area contributed by atoms with E-state index in [1.807, 2.05) is 24.0 Å². The fraction of sp³-hybridized carbons (Fsp3) is 0.571. The Kier molecular flexibility index (Phi) is 3.97. The number of hydrogen-bond acceptors (Lipinski definition) is 3. The van der Waals surface area contributed by atoms with Gasteiger partial charge in [-0.25, -0.2) is 0 Å². The van der Waals surface area contributed by atoms with Crippen molar-refractivity contribution >= 4 is 5.91 Å². The van der Waals surface area contributed by atoms with E-state index in [1.165, 1.54) is 0 Å². The maximum Gasteiger partial charge on any atom is 0.228 e. The summed E-state index contributed by atoms with van der Waals surface area (Å²) in [5.41, 5.74) is 7.92. The highest BCUT2D eigenvalue weighted by Gasteiger charge is 2.26. The quantitative estimate of drug-likeness (QED) is 0.852. The Bertz CT molecular complexity index is 433. The lowest BCUT2D eigenvalue weighted by Gasteiger charge is -2.35. The summed E-state index contributed by atoms with van der Waals surface area (Å²) >= 11 is 0. The number of aromatic nitrogens is 1. The van der Waals surface area contributed by atoms with Crippen LogP contribution >= 0.6 is 0 Å². The van der Waals surface area contributed by atoms with Crippen LogP contribution in [-0.2, 0) is 11.2 Å². The lowest BCUT2D eigenvalue weighted by Crippen LogP contribution is -2.48. The fourth-order valence-electron chi connectivity index (χ4n) is 2.35. The molecule has 4 nitrogen and oxygen atoms in total. The maximum atomic E-state index is 12.2. The third-order valence-corrected chi connectivity index (χ3v) is 3.76. The Morgan fingerprint density at radius 3 is 3.06 bits per heavy atom. The van der Waals surface area contributed by atoms with Gasteiger partial charge in [-0.05, 0) is 30.9 Å². The van der Waals surface area contributed by atoms with Crippen LogP contribution in [0.1, 0.15) is 24.6 Å². The highest BCUT2D eigenvalue weighted by Crippen LogP contribution is 2.16. The van der Waals surface area contributed by atoms with Crippen molar-refractivity contribution in [2.24, 2.45) is 11.7 Å². The molecule has 2 rings (SSSR count). The van der Waals surface area contributed by atoms with Gasteiger partial charge >= 0.3 is 0 Å². The second-order valence-corrected chi connectivity index (χ2v) is 5.21. The van der Waals surface area contributed by atoms with E-state index in [4.69, 9.17) is 5.73 Å². The number of nitrogens with two attached hydrogens (primary N) is 1. The smallest absolute Gasteiger partial charge is 0.228 e. The standard InChI is InChI=1S/C14H21N3O/c1-10-4-3-6-16-13(10)8-14(18)17-7-5-12(15)11(2)9-17/h3-4,6,11-12H,5,7-9,15H2,1-2H3. The molecule has 0 aromatic carbocycles. The van der Waals surface area contributed by atoms with Gasteiger partial charge in [0.05, 0.1) is 12.1 Å². The van der Waals surface area contributed by atoms with Crippen molar-refractivity contribution in [3.05, 3.63) is 29.6 Å². The molecule has 0 aliphatic carbocycles. The van der Waals surface area contributed by atoms with Crippen LogP contribution in [0.25, 0.3) is 0 Å². The van der Waals surface area contributed by atoms with Gasteiger partial charge < -0.3 is 10.6 Å². The minimum atomic E-state index is 0.163. The number of hydrogen-bond donors (Lipinski definition) is 1. The molecule has 0 bridgehead atoms. The molecule has 0 radical (unpaired) electrons. The van der Waals surface area contributed by atoms with E-state index >= 15 is 0 Å². The normalized spacial score (nSPS) is 24.1. The highest BCUT2D eigenvalue weighted by atomic mass is 16.2. The molecule has 18 heavy (non-hydrogen) atoms. The van der Waals surface area contributed by atoms with E-state index in [2.05, 4.69) is 11.9 Å². The van der Waals surface area contributed by atoms with E-state index in [9.17, 15) is 4.79 Å². The summed E-state index contributed by atoms with van der Waals surface area (Å²) in [4.78, 5) is 18.4. The predicted molar refractivity (Wildman–Crippen MR) is 71.0 cm³/mol. The molecular formula is C14H21N3O. The molecule has 1 saturated heterocycles. The summed E-state index contributed by atoms with van der Waals surface area (Å²) in [6.07, 6.45) is 3.03. The first-order valence-corrected chi connectivity index (χ1v) is 6.51. The van der Waals surface area contributed by atoms with Crippen LogP contribution in [-0.4, -0.2) is 34.9 Å². The minimum Gasteiger partial charge on any atom is -0.342 e. The third-order valence-electron chi connectivity index (χ3n) is 3.76. The highest BCUT2D eigenvalue weighted by molar-refractivity contribution is 5.78. The number of amides is 1. The molecule has 1 amide bonds. The summed E-state index contributed by atoms with van der Waals surface area (Å²) in [6, 6.07) is 4.11. The van der Waals surface area contributed by atoms with Gasteiger partial charge in [-0.2, -0.15) is 0 Å². The molecule has 1 aliphatic rings. The number of likely N-dealkylation sites (tertiary alicyclic amines) is 1. The van der Waals surface area contributed by atoms with E-state index in [-0.39, 0.29) is 11.9 Å². The number of nitrogens with zero attached hydrogens (tertiary/aromatic N) is 2. The molecule has 2 heterocycles. The SMILES string of the molecule is Cc1cccnc1CC(=O)N1CCC(N)C(C)C1. The summed E-state index contributed by atoms with van der Waals surface area (Å²) in [7, 11) is 0. The summed E-state index contributed by atoms with van der Waals surface area (Å²) in [5.74, 6) is 0.545. The second-order valence-electron chi connectivity index (χ2n) is 5.21. The Balaban J connectivity index is 1.99. The van der Waals surface area contributed by atoms with E-state index in [1.54, 1.807) is 6.20 Å². The van der Waals surface area contributed by atoms with Crippen LogP contribution < -0.4 is 5.73 Å². The lowest BCUT2D eigenvalue weighted by molar-refractivity contribution is -0.132. The van der Waals surface area contributed by atoms with Crippen molar-refractivity contribution in [3.63, 3.8) is 0 Å². The lowest BCUT2D eigenvalue weighted by atomic mass is 9.94. The van der Waals surface area contributed by atoms with Gasteiger partial charge in [0.25, 0.3) is 0 Å². The molecule has 4 heteroatoms. The maximum absolute atomic E-state index is 12.2. The summed E-state index contributed by atoms with van der Waals surface area (Å²) in [5, 5.41) is 0. The molecule has 1 aromatic rings. The van der Waals surface area contributed by atoms with Crippen LogP contribution in [0.2, 0.25) is 0 Å². The monoisotopic (exact) mass is 247 g/mol. The Labute approximate surface area is 108 Å². The fourth-order valence-corrected chi connectivity index (χ4v) is 2.35. The first-order chi connectivity index (χ1) is 8.58. The number of carbonyl (C=O) groups excluding carboxylic acids is 1. The van der Waals surface area contributed by atoms with Gasteiger partial charge in [0.15, 0.2) is 0 Å².